The van der Waals surface area contributed by atoms with Crippen molar-refractivity contribution in [1.29, 1.82) is 0 Å². The number of nitrogens with one attached hydrogen (secondary N) is 1. The highest BCUT2D eigenvalue weighted by molar-refractivity contribution is 7.09. The summed E-state index contributed by atoms with van der Waals surface area (Å²) in [6.45, 7) is 6.81. The van der Waals surface area contributed by atoms with E-state index in [4.69, 9.17) is 9.47 Å². The third-order valence-electron chi connectivity index (χ3n) is 3.25. The average molecular weight is 269 g/mol. The van der Waals surface area contributed by atoms with E-state index in [1.807, 2.05) is 0 Å². The van der Waals surface area contributed by atoms with Gasteiger partial charge in [0.25, 0.3) is 0 Å². The fourth-order valence-corrected chi connectivity index (χ4v) is 2.89. The highest BCUT2D eigenvalue weighted by atomic mass is 32.1. The molecule has 1 aromatic heterocycles. The molecule has 1 aromatic rings. The Morgan fingerprint density at radius 3 is 2.94 bits per heavy atom. The van der Waals surface area contributed by atoms with E-state index in [-0.39, 0.29) is 12.2 Å². The van der Waals surface area contributed by atoms with Crippen molar-refractivity contribution < 1.29 is 9.47 Å². The summed E-state index contributed by atoms with van der Waals surface area (Å²) in [5, 5.41) is 5.55. The Morgan fingerprint density at radius 2 is 2.28 bits per heavy atom. The minimum Gasteiger partial charge on any atom is -0.374 e. The minimum absolute atomic E-state index is 0.227. The lowest BCUT2D eigenvalue weighted by Crippen LogP contribution is -2.60. The maximum atomic E-state index is 5.95. The predicted molar refractivity (Wildman–Crippen MR) is 75.0 cm³/mol. The van der Waals surface area contributed by atoms with Crippen LogP contribution >= 0.6 is 11.3 Å². The zero-order chi connectivity index (χ0) is 12.8. The van der Waals surface area contributed by atoms with Crippen LogP contribution < -0.4 is 5.32 Å². The van der Waals surface area contributed by atoms with Crippen molar-refractivity contribution in [2.75, 3.05) is 13.2 Å². The number of rotatable bonds is 8. The monoisotopic (exact) mass is 269 g/mol. The Hall–Kier alpha value is -0.420. The molecule has 0 radical (unpaired) electrons. The molecule has 0 aromatic carbocycles. The van der Waals surface area contributed by atoms with Crippen LogP contribution in [0.5, 0.6) is 0 Å². The first kappa shape index (κ1) is 14.0. The molecule has 1 aliphatic rings. The van der Waals surface area contributed by atoms with Gasteiger partial charge in [0, 0.05) is 17.5 Å². The largest absolute Gasteiger partial charge is 0.374 e. The molecule has 0 aliphatic heterocycles. The van der Waals surface area contributed by atoms with Gasteiger partial charge >= 0.3 is 0 Å². The summed E-state index contributed by atoms with van der Waals surface area (Å²) in [6, 6.07) is 4.65. The van der Waals surface area contributed by atoms with Crippen molar-refractivity contribution in [1.82, 2.24) is 5.32 Å². The molecule has 1 saturated carbocycles. The second kappa shape index (κ2) is 7.24. The van der Waals surface area contributed by atoms with Crippen molar-refractivity contribution in [3.63, 3.8) is 0 Å². The molecule has 1 aliphatic carbocycles. The van der Waals surface area contributed by atoms with Gasteiger partial charge in [0.2, 0.25) is 0 Å². The molecular formula is C14H23NO2S. The third kappa shape index (κ3) is 3.54. The summed E-state index contributed by atoms with van der Waals surface area (Å²) < 4.78 is 11.8. The number of likely N-dealkylation sites (N-methyl/N-ethyl adjacent to an activating group) is 1. The molecule has 2 rings (SSSR count). The zero-order valence-corrected chi connectivity index (χ0v) is 12.0. The molecule has 0 bridgehead atoms. The van der Waals surface area contributed by atoms with Gasteiger partial charge in [0.1, 0.15) is 0 Å². The van der Waals surface area contributed by atoms with Gasteiger partial charge < -0.3 is 14.8 Å². The van der Waals surface area contributed by atoms with Crippen molar-refractivity contribution in [3.8, 4) is 0 Å². The van der Waals surface area contributed by atoms with Crippen LogP contribution in [0.4, 0.5) is 0 Å². The molecule has 3 atom stereocenters. The van der Waals surface area contributed by atoms with Gasteiger partial charge in [0.15, 0.2) is 0 Å². The highest BCUT2D eigenvalue weighted by Gasteiger charge is 2.42. The van der Waals surface area contributed by atoms with Crippen LogP contribution in [0.1, 0.15) is 31.6 Å². The molecule has 0 spiro atoms. The molecule has 102 valence electrons. The number of thiophene rings is 1. The van der Waals surface area contributed by atoms with Crippen LogP contribution in [0.3, 0.4) is 0 Å². The Morgan fingerprint density at radius 1 is 1.39 bits per heavy atom. The molecule has 3 unspecified atom stereocenters. The summed E-state index contributed by atoms with van der Waals surface area (Å²) in [5.41, 5.74) is 0. The summed E-state index contributed by atoms with van der Waals surface area (Å²) in [6.07, 6.45) is 2.60. The Labute approximate surface area is 113 Å². The second-order valence-corrected chi connectivity index (χ2v) is 5.70. The van der Waals surface area contributed by atoms with Crippen molar-refractivity contribution in [3.05, 3.63) is 22.4 Å². The van der Waals surface area contributed by atoms with Crippen molar-refractivity contribution >= 4 is 11.3 Å². The van der Waals surface area contributed by atoms with E-state index in [9.17, 15) is 0 Å². The predicted octanol–water partition coefficient (Wildman–Crippen LogP) is 2.81. The summed E-state index contributed by atoms with van der Waals surface area (Å²) in [5.74, 6) is 0. The number of hydrogen-bond donors (Lipinski definition) is 1. The molecule has 3 nitrogen and oxygen atoms in total. The van der Waals surface area contributed by atoms with Crippen LogP contribution in [0.25, 0.3) is 0 Å². The average Bonchev–Trinajstić information content (AvgIpc) is 2.86. The van der Waals surface area contributed by atoms with Gasteiger partial charge in [-0.1, -0.05) is 19.9 Å². The lowest BCUT2D eigenvalue weighted by atomic mass is 9.85. The topological polar surface area (TPSA) is 30.5 Å². The maximum Gasteiger partial charge on any atom is 0.0990 e. The van der Waals surface area contributed by atoms with Crippen LogP contribution in [0.2, 0.25) is 0 Å². The third-order valence-corrected chi connectivity index (χ3v) is 4.10. The van der Waals surface area contributed by atoms with Crippen molar-refractivity contribution in [2.45, 2.75) is 51.5 Å². The summed E-state index contributed by atoms with van der Waals surface area (Å²) in [7, 11) is 0. The van der Waals surface area contributed by atoms with Crippen molar-refractivity contribution in [2.24, 2.45) is 0 Å². The standard InChI is InChI=1S/C14H23NO2S/c1-3-7-16-14-12(15-4-2)9-13(14)17-10-11-6-5-8-18-11/h5-6,8,12-15H,3-4,7,9-10H2,1-2H3. The summed E-state index contributed by atoms with van der Waals surface area (Å²) >= 11 is 1.75. The van der Waals surface area contributed by atoms with E-state index >= 15 is 0 Å². The lowest BCUT2D eigenvalue weighted by Gasteiger charge is -2.44. The first-order valence-electron chi connectivity index (χ1n) is 6.84. The van der Waals surface area contributed by atoms with E-state index in [1.54, 1.807) is 11.3 Å². The SMILES string of the molecule is CCCOC1C(NCC)CC1OCc1cccs1. The lowest BCUT2D eigenvalue weighted by molar-refractivity contribution is -0.151. The first-order chi connectivity index (χ1) is 8.85. The molecular weight excluding hydrogens is 246 g/mol. The van der Waals surface area contributed by atoms with Crippen LogP contribution in [0, 0.1) is 0 Å². The first-order valence-corrected chi connectivity index (χ1v) is 7.72. The van der Waals surface area contributed by atoms with Gasteiger partial charge in [-0.05, 0) is 30.8 Å². The molecule has 4 heteroatoms. The van der Waals surface area contributed by atoms with E-state index < -0.39 is 0 Å². The van der Waals surface area contributed by atoms with E-state index in [1.165, 1.54) is 4.88 Å². The van der Waals surface area contributed by atoms with Gasteiger partial charge in [-0.15, -0.1) is 11.3 Å². The quantitative estimate of drug-likeness (QED) is 0.787. The van der Waals surface area contributed by atoms with Crippen LogP contribution in [-0.2, 0) is 16.1 Å². The van der Waals surface area contributed by atoms with Crippen LogP contribution in [-0.4, -0.2) is 31.4 Å². The normalized spacial score (nSPS) is 27.1. The fraction of sp³-hybridized carbons (Fsp3) is 0.714. The molecule has 0 saturated heterocycles. The van der Waals surface area contributed by atoms with E-state index in [0.29, 0.717) is 12.6 Å². The van der Waals surface area contributed by atoms with E-state index in [0.717, 1.165) is 26.0 Å². The smallest absolute Gasteiger partial charge is 0.0990 e. The molecule has 0 amide bonds. The molecule has 1 N–H and O–H groups in total. The highest BCUT2D eigenvalue weighted by Crippen LogP contribution is 2.28. The number of hydrogen-bond acceptors (Lipinski definition) is 4. The number of ether oxygens (including phenoxy) is 2. The Balaban J connectivity index is 1.77. The molecule has 1 fully saturated rings. The Bertz CT molecular complexity index is 329. The zero-order valence-electron chi connectivity index (χ0n) is 11.2. The van der Waals surface area contributed by atoms with Gasteiger partial charge in [-0.3, -0.25) is 0 Å². The second-order valence-electron chi connectivity index (χ2n) is 4.66. The Kier molecular flexibility index (Phi) is 5.63. The van der Waals surface area contributed by atoms with Gasteiger partial charge in [-0.25, -0.2) is 0 Å². The molecule has 18 heavy (non-hydrogen) atoms. The fourth-order valence-electron chi connectivity index (χ4n) is 2.27. The van der Waals surface area contributed by atoms with Gasteiger partial charge in [0.05, 0.1) is 18.8 Å². The molecule has 1 heterocycles. The minimum atomic E-state index is 0.227. The van der Waals surface area contributed by atoms with Gasteiger partial charge in [-0.2, -0.15) is 0 Å². The van der Waals surface area contributed by atoms with E-state index in [2.05, 4.69) is 36.7 Å². The summed E-state index contributed by atoms with van der Waals surface area (Å²) in [4.78, 5) is 1.29. The maximum absolute atomic E-state index is 5.95. The van der Waals surface area contributed by atoms with Crippen LogP contribution in [0.15, 0.2) is 17.5 Å².